The molecule has 37 heavy (non-hydrogen) atoms. The molecule has 180 valence electrons. The zero-order valence-electron chi connectivity index (χ0n) is 21.3. The molecule has 0 aliphatic carbocycles. The number of benzene rings is 5. The molecule has 4 heteroatoms. The minimum absolute atomic E-state index is 0.164. The largest absolute Gasteiger partial charge is 0.268 e. The van der Waals surface area contributed by atoms with Crippen molar-refractivity contribution in [3.05, 3.63) is 95.2 Å². The third-order valence-electron chi connectivity index (χ3n) is 7.94. The smallest absolute Gasteiger partial charge is 0.266 e. The lowest BCUT2D eigenvalue weighted by atomic mass is 9.84. The van der Waals surface area contributed by atoms with Crippen molar-refractivity contribution in [1.82, 2.24) is 4.98 Å². The van der Waals surface area contributed by atoms with Gasteiger partial charge in [-0.05, 0) is 74.2 Å². The summed E-state index contributed by atoms with van der Waals surface area (Å²) in [6.07, 6.45) is 1.83. The summed E-state index contributed by atoms with van der Waals surface area (Å²) >= 11 is 0. The number of fused-ring (bicyclic) bond motifs is 2. The molecule has 0 fully saturated rings. The molecule has 2 amide bonds. The SMILES string of the molecule is CC(C)c1cccc(C(C)C)c1N1C(=O)c2ccc3c4cccc5nccc(c6ccc(c2c36)C1=O)c54. The van der Waals surface area contributed by atoms with Crippen LogP contribution in [0.2, 0.25) is 0 Å². The van der Waals surface area contributed by atoms with Gasteiger partial charge in [-0.1, -0.05) is 70.2 Å². The van der Waals surface area contributed by atoms with Crippen LogP contribution in [-0.2, 0) is 0 Å². The molecule has 0 spiro atoms. The minimum atomic E-state index is -0.255. The van der Waals surface area contributed by atoms with Crippen molar-refractivity contribution in [1.29, 1.82) is 0 Å². The number of imide groups is 1. The van der Waals surface area contributed by atoms with Gasteiger partial charge in [0, 0.05) is 28.1 Å². The molecule has 5 aromatic carbocycles. The second kappa shape index (κ2) is 7.59. The fraction of sp³-hybridized carbons (Fsp3) is 0.182. The first-order valence-corrected chi connectivity index (χ1v) is 12.9. The fourth-order valence-corrected chi connectivity index (χ4v) is 6.26. The van der Waals surface area contributed by atoms with Crippen LogP contribution in [0.15, 0.2) is 72.9 Å². The minimum Gasteiger partial charge on any atom is -0.268 e. The van der Waals surface area contributed by atoms with Crippen LogP contribution in [0.4, 0.5) is 5.69 Å². The molecule has 1 aliphatic heterocycles. The summed E-state index contributed by atoms with van der Waals surface area (Å²) in [4.78, 5) is 34.5. The first kappa shape index (κ1) is 21.9. The van der Waals surface area contributed by atoms with E-state index >= 15 is 0 Å². The van der Waals surface area contributed by atoms with Crippen LogP contribution in [0, 0.1) is 0 Å². The van der Waals surface area contributed by atoms with E-state index in [1.54, 1.807) is 0 Å². The highest BCUT2D eigenvalue weighted by molar-refractivity contribution is 6.42. The zero-order chi connectivity index (χ0) is 25.6. The number of para-hydroxylation sites is 1. The maximum absolute atomic E-state index is 14.2. The lowest BCUT2D eigenvalue weighted by Crippen LogP contribution is -2.41. The number of carbonyl (C=O) groups is 2. The summed E-state index contributed by atoms with van der Waals surface area (Å²) in [5.74, 6) is -0.182. The van der Waals surface area contributed by atoms with Gasteiger partial charge in [0.15, 0.2) is 0 Å². The van der Waals surface area contributed by atoms with E-state index < -0.39 is 0 Å². The Kier molecular flexibility index (Phi) is 4.50. The lowest BCUT2D eigenvalue weighted by Gasteiger charge is -2.32. The number of carbonyl (C=O) groups excluding carboxylic acids is 2. The molecule has 7 rings (SSSR count). The van der Waals surface area contributed by atoms with Crippen molar-refractivity contribution >= 4 is 60.7 Å². The van der Waals surface area contributed by atoms with Crippen molar-refractivity contribution < 1.29 is 9.59 Å². The predicted molar refractivity (Wildman–Crippen MR) is 151 cm³/mol. The standard InChI is InChI=1S/C33H26N2O2/c1-17(2)19-7-5-8-20(18(3)4)31(19)35-32(36)25-13-11-22-21-9-6-10-27-28(21)24(15-16-34-27)23-12-14-26(33(35)37)30(25)29(22)23/h5-18H,1-4H3. The number of pyridine rings is 1. The van der Waals surface area contributed by atoms with E-state index in [4.69, 9.17) is 0 Å². The molecule has 0 bridgehead atoms. The maximum atomic E-state index is 14.2. The number of aromatic nitrogens is 1. The van der Waals surface area contributed by atoms with E-state index in [9.17, 15) is 9.59 Å². The highest BCUT2D eigenvalue weighted by Crippen LogP contribution is 2.45. The number of nitrogens with zero attached hydrogens (tertiary/aromatic N) is 2. The second-order valence-corrected chi connectivity index (χ2v) is 10.7. The third-order valence-corrected chi connectivity index (χ3v) is 7.94. The van der Waals surface area contributed by atoms with Gasteiger partial charge < -0.3 is 0 Å². The number of hydrogen-bond acceptors (Lipinski definition) is 3. The average molecular weight is 483 g/mol. The Labute approximate surface area is 214 Å². The van der Waals surface area contributed by atoms with Crippen LogP contribution in [0.25, 0.3) is 43.2 Å². The van der Waals surface area contributed by atoms with E-state index in [1.807, 2.05) is 66.9 Å². The molecular formula is C33H26N2O2. The summed E-state index contributed by atoms with van der Waals surface area (Å²) < 4.78 is 0. The van der Waals surface area contributed by atoms with Gasteiger partial charge in [0.25, 0.3) is 11.8 Å². The third kappa shape index (κ3) is 2.81. The Bertz CT molecular complexity index is 1810. The van der Waals surface area contributed by atoms with Crippen LogP contribution < -0.4 is 4.90 Å². The first-order valence-electron chi connectivity index (χ1n) is 12.9. The molecule has 0 saturated carbocycles. The molecule has 1 aliphatic rings. The highest BCUT2D eigenvalue weighted by atomic mass is 16.2. The molecule has 1 aromatic heterocycles. The Morgan fingerprint density at radius 3 is 1.73 bits per heavy atom. The van der Waals surface area contributed by atoms with E-state index in [1.165, 1.54) is 4.90 Å². The molecule has 0 N–H and O–H groups in total. The van der Waals surface area contributed by atoms with Gasteiger partial charge in [0.1, 0.15) is 0 Å². The molecule has 6 aromatic rings. The Balaban J connectivity index is 1.58. The van der Waals surface area contributed by atoms with Gasteiger partial charge in [-0.2, -0.15) is 0 Å². The van der Waals surface area contributed by atoms with Crippen molar-refractivity contribution in [2.45, 2.75) is 39.5 Å². The van der Waals surface area contributed by atoms with Crippen LogP contribution in [0.1, 0.15) is 71.4 Å². The van der Waals surface area contributed by atoms with Crippen molar-refractivity contribution in [2.75, 3.05) is 4.90 Å². The van der Waals surface area contributed by atoms with Gasteiger partial charge in [-0.15, -0.1) is 0 Å². The molecule has 0 unspecified atom stereocenters. The Hall–Kier alpha value is -4.31. The van der Waals surface area contributed by atoms with Crippen molar-refractivity contribution in [2.24, 2.45) is 0 Å². The van der Waals surface area contributed by atoms with Gasteiger partial charge in [-0.25, -0.2) is 4.90 Å². The van der Waals surface area contributed by atoms with E-state index in [-0.39, 0.29) is 23.7 Å². The molecule has 0 radical (unpaired) electrons. The maximum Gasteiger partial charge on any atom is 0.266 e. The topological polar surface area (TPSA) is 50.3 Å². The molecule has 0 atom stereocenters. The molecule has 0 saturated heterocycles. The number of amides is 2. The average Bonchev–Trinajstić information content (AvgIpc) is 2.90. The van der Waals surface area contributed by atoms with Gasteiger partial charge in [0.05, 0.1) is 11.2 Å². The summed E-state index contributed by atoms with van der Waals surface area (Å²) in [6.45, 7) is 8.42. The number of anilines is 1. The van der Waals surface area contributed by atoms with Gasteiger partial charge >= 0.3 is 0 Å². The Morgan fingerprint density at radius 2 is 1.14 bits per heavy atom. The summed E-state index contributed by atoms with van der Waals surface area (Å²) in [7, 11) is 0. The van der Waals surface area contributed by atoms with Crippen LogP contribution in [-0.4, -0.2) is 16.8 Å². The molecular weight excluding hydrogens is 456 g/mol. The van der Waals surface area contributed by atoms with Crippen LogP contribution in [0.3, 0.4) is 0 Å². The lowest BCUT2D eigenvalue weighted by molar-refractivity contribution is 0.0893. The van der Waals surface area contributed by atoms with Crippen molar-refractivity contribution in [3.8, 4) is 0 Å². The Morgan fingerprint density at radius 1 is 0.595 bits per heavy atom. The van der Waals surface area contributed by atoms with Gasteiger partial charge in [-0.3, -0.25) is 14.6 Å². The fourth-order valence-electron chi connectivity index (χ4n) is 6.26. The monoisotopic (exact) mass is 482 g/mol. The molecule has 2 heterocycles. The highest BCUT2D eigenvalue weighted by Gasteiger charge is 2.37. The van der Waals surface area contributed by atoms with E-state index in [0.717, 1.165) is 60.0 Å². The predicted octanol–water partition coefficient (Wildman–Crippen LogP) is 8.18. The van der Waals surface area contributed by atoms with Gasteiger partial charge in [0.2, 0.25) is 0 Å². The summed E-state index contributed by atoms with van der Waals surface area (Å²) in [5, 5.41) is 7.11. The van der Waals surface area contributed by atoms with E-state index in [2.05, 4.69) is 38.7 Å². The quantitative estimate of drug-likeness (QED) is 0.145. The number of rotatable bonds is 3. The summed E-state index contributed by atoms with van der Waals surface area (Å²) in [5.41, 5.74) is 4.85. The van der Waals surface area contributed by atoms with Crippen LogP contribution >= 0.6 is 0 Å². The summed E-state index contributed by atoms with van der Waals surface area (Å²) in [6, 6.07) is 22.2. The van der Waals surface area contributed by atoms with E-state index in [0.29, 0.717) is 11.1 Å². The second-order valence-electron chi connectivity index (χ2n) is 10.7. The van der Waals surface area contributed by atoms with Crippen molar-refractivity contribution in [3.63, 3.8) is 0 Å². The molecule has 4 nitrogen and oxygen atoms in total. The normalized spacial score (nSPS) is 13.9. The first-order chi connectivity index (χ1) is 17.9. The van der Waals surface area contributed by atoms with Crippen LogP contribution in [0.5, 0.6) is 0 Å². The number of hydrogen-bond donors (Lipinski definition) is 0. The zero-order valence-corrected chi connectivity index (χ0v) is 21.3.